The van der Waals surface area contributed by atoms with Gasteiger partial charge in [-0.2, -0.15) is 0 Å². The van der Waals surface area contributed by atoms with Crippen LogP contribution in [0.25, 0.3) is 0 Å². The predicted octanol–water partition coefficient (Wildman–Crippen LogP) is 1.74. The maximum absolute atomic E-state index is 13.4. The number of benzene rings is 2. The monoisotopic (exact) mass is 471 g/mol. The lowest BCUT2D eigenvalue weighted by atomic mass is 10.2. The fraction of sp³-hybridized carbons (Fsp3) is 0.368. The number of nitrogens with one attached hydrogen (secondary N) is 1. The van der Waals surface area contributed by atoms with Crippen LogP contribution in [0.1, 0.15) is 0 Å². The van der Waals surface area contributed by atoms with E-state index in [9.17, 15) is 16.8 Å². The van der Waals surface area contributed by atoms with E-state index >= 15 is 0 Å². The summed E-state index contributed by atoms with van der Waals surface area (Å²) in [6.07, 6.45) is 1.08. The molecular formula is C19H22ClN3O5S2. The number of sulfonamides is 1. The van der Waals surface area contributed by atoms with E-state index in [1.165, 1.54) is 28.6 Å². The van der Waals surface area contributed by atoms with Crippen LogP contribution < -0.4 is 19.3 Å². The lowest BCUT2D eigenvalue weighted by Gasteiger charge is -2.36. The highest BCUT2D eigenvalue weighted by Gasteiger charge is 2.33. The van der Waals surface area contributed by atoms with Gasteiger partial charge in [0.1, 0.15) is 6.61 Å². The highest BCUT2D eigenvalue weighted by molar-refractivity contribution is 7.93. The lowest BCUT2D eigenvalue weighted by Crippen LogP contribution is -2.44. The van der Waals surface area contributed by atoms with Gasteiger partial charge in [0, 0.05) is 37.5 Å². The molecule has 1 saturated heterocycles. The van der Waals surface area contributed by atoms with Crippen molar-refractivity contribution in [1.82, 2.24) is 5.32 Å². The summed E-state index contributed by atoms with van der Waals surface area (Å²) in [6.45, 7) is 3.48. The normalized spacial score (nSPS) is 17.4. The van der Waals surface area contributed by atoms with Crippen LogP contribution in [0, 0.1) is 0 Å². The third-order valence-corrected chi connectivity index (χ3v) is 8.30. The third kappa shape index (κ3) is 3.96. The number of halogens is 1. The number of ether oxygens (including phenoxy) is 1. The number of hydrogen-bond acceptors (Lipinski definition) is 7. The van der Waals surface area contributed by atoms with E-state index in [2.05, 4.69) is 10.2 Å². The summed E-state index contributed by atoms with van der Waals surface area (Å²) in [6, 6.07) is 8.60. The zero-order chi connectivity index (χ0) is 21.5. The second-order valence-corrected chi connectivity index (χ2v) is 11.5. The number of hydrogen-bond donors (Lipinski definition) is 1. The average Bonchev–Trinajstić information content (AvgIpc) is 2.72. The molecule has 4 rings (SSSR count). The predicted molar refractivity (Wildman–Crippen MR) is 116 cm³/mol. The molecule has 0 aromatic heterocycles. The van der Waals surface area contributed by atoms with Crippen LogP contribution in [0.4, 0.5) is 11.4 Å². The number of piperazine rings is 1. The van der Waals surface area contributed by atoms with E-state index in [0.717, 1.165) is 38.1 Å². The molecule has 1 fully saturated rings. The summed E-state index contributed by atoms with van der Waals surface area (Å²) >= 11 is 6.35. The van der Waals surface area contributed by atoms with E-state index in [1.54, 1.807) is 12.1 Å². The Kier molecular flexibility index (Phi) is 5.60. The van der Waals surface area contributed by atoms with Crippen molar-refractivity contribution in [2.75, 3.05) is 54.8 Å². The Morgan fingerprint density at radius 1 is 0.933 bits per heavy atom. The molecule has 0 atom stereocenters. The second kappa shape index (κ2) is 7.92. The smallest absolute Gasteiger partial charge is 0.264 e. The molecule has 8 nitrogen and oxygen atoms in total. The molecule has 0 radical (unpaired) electrons. The molecule has 0 saturated carbocycles. The standard InChI is InChI=1S/C19H22ClN3O5S2/c1-29(24,25)15-2-4-16(5-3-15)30(26,27)23-10-11-28-19-17(12-14(20)13-18(19)23)22-8-6-21-7-9-22/h2-5,12-13,21H,6-11H2,1H3. The van der Waals surface area contributed by atoms with Crippen LogP contribution in [0.15, 0.2) is 46.2 Å². The molecule has 1 N–H and O–H groups in total. The zero-order valence-electron chi connectivity index (χ0n) is 16.3. The molecule has 2 aliphatic heterocycles. The molecule has 162 valence electrons. The molecular weight excluding hydrogens is 450 g/mol. The number of anilines is 2. The van der Waals surface area contributed by atoms with Gasteiger partial charge in [-0.25, -0.2) is 16.8 Å². The van der Waals surface area contributed by atoms with Gasteiger partial charge in [-0.15, -0.1) is 0 Å². The maximum atomic E-state index is 13.4. The average molecular weight is 472 g/mol. The Hall–Kier alpha value is -2.01. The minimum Gasteiger partial charge on any atom is -0.487 e. The van der Waals surface area contributed by atoms with E-state index < -0.39 is 19.9 Å². The van der Waals surface area contributed by atoms with Crippen LogP contribution >= 0.6 is 11.6 Å². The molecule has 0 bridgehead atoms. The van der Waals surface area contributed by atoms with E-state index in [4.69, 9.17) is 16.3 Å². The van der Waals surface area contributed by atoms with E-state index in [1.807, 2.05) is 0 Å². The van der Waals surface area contributed by atoms with E-state index in [0.29, 0.717) is 16.5 Å². The summed E-state index contributed by atoms with van der Waals surface area (Å²) in [5.41, 5.74) is 1.15. The van der Waals surface area contributed by atoms with Crippen molar-refractivity contribution >= 4 is 42.8 Å². The number of fused-ring (bicyclic) bond motifs is 1. The van der Waals surface area contributed by atoms with Gasteiger partial charge < -0.3 is 15.0 Å². The number of sulfone groups is 1. The van der Waals surface area contributed by atoms with Gasteiger partial charge in [0.15, 0.2) is 15.6 Å². The molecule has 11 heteroatoms. The highest BCUT2D eigenvalue weighted by atomic mass is 35.5. The van der Waals surface area contributed by atoms with Gasteiger partial charge in [0.2, 0.25) is 0 Å². The van der Waals surface area contributed by atoms with Crippen molar-refractivity contribution in [2.24, 2.45) is 0 Å². The van der Waals surface area contributed by atoms with Crippen LogP contribution in [-0.2, 0) is 19.9 Å². The van der Waals surface area contributed by atoms with Gasteiger partial charge in [-0.3, -0.25) is 4.31 Å². The minimum atomic E-state index is -3.93. The van der Waals surface area contributed by atoms with Crippen molar-refractivity contribution in [3.05, 3.63) is 41.4 Å². The molecule has 2 aliphatic rings. The minimum absolute atomic E-state index is 0.00597. The Balaban J connectivity index is 1.76. The molecule has 0 unspecified atom stereocenters. The molecule has 30 heavy (non-hydrogen) atoms. The van der Waals surface area contributed by atoms with Gasteiger partial charge in [-0.1, -0.05) is 11.6 Å². The van der Waals surface area contributed by atoms with Gasteiger partial charge in [0.25, 0.3) is 10.0 Å². The Bertz CT molecular complexity index is 1160. The van der Waals surface area contributed by atoms with Crippen LogP contribution in [0.5, 0.6) is 5.75 Å². The maximum Gasteiger partial charge on any atom is 0.264 e. The van der Waals surface area contributed by atoms with Crippen molar-refractivity contribution in [1.29, 1.82) is 0 Å². The third-order valence-electron chi connectivity index (χ3n) is 5.12. The van der Waals surface area contributed by atoms with E-state index in [-0.39, 0.29) is 22.9 Å². The summed E-state index contributed by atoms with van der Waals surface area (Å²) in [5, 5.41) is 3.70. The molecule has 2 heterocycles. The van der Waals surface area contributed by atoms with Gasteiger partial charge in [-0.05, 0) is 36.4 Å². The first-order valence-corrected chi connectivity index (χ1v) is 13.1. The van der Waals surface area contributed by atoms with Crippen molar-refractivity contribution in [3.8, 4) is 5.75 Å². The highest BCUT2D eigenvalue weighted by Crippen LogP contribution is 2.44. The number of nitrogens with zero attached hydrogens (tertiary/aromatic N) is 2. The molecule has 2 aromatic carbocycles. The molecule has 0 spiro atoms. The first-order chi connectivity index (χ1) is 14.2. The molecule has 0 amide bonds. The largest absolute Gasteiger partial charge is 0.487 e. The first-order valence-electron chi connectivity index (χ1n) is 9.43. The Morgan fingerprint density at radius 2 is 1.53 bits per heavy atom. The van der Waals surface area contributed by atoms with Crippen molar-refractivity contribution < 1.29 is 21.6 Å². The van der Waals surface area contributed by atoms with Gasteiger partial charge in [0.05, 0.1) is 27.7 Å². The fourth-order valence-corrected chi connectivity index (χ4v) is 5.91. The Morgan fingerprint density at radius 3 is 2.17 bits per heavy atom. The summed E-state index contributed by atoms with van der Waals surface area (Å²) in [7, 11) is -7.35. The van der Waals surface area contributed by atoms with Crippen molar-refractivity contribution in [2.45, 2.75) is 9.79 Å². The fourth-order valence-electron chi connectivity index (χ4n) is 3.63. The second-order valence-electron chi connectivity index (χ2n) is 7.18. The lowest BCUT2D eigenvalue weighted by molar-refractivity contribution is 0.315. The topological polar surface area (TPSA) is 96.0 Å². The summed E-state index contributed by atoms with van der Waals surface area (Å²) in [4.78, 5) is 2.19. The molecule has 2 aromatic rings. The molecule has 0 aliphatic carbocycles. The SMILES string of the molecule is CS(=O)(=O)c1ccc(S(=O)(=O)N2CCOc3c(N4CCNCC4)cc(Cl)cc32)cc1. The van der Waals surface area contributed by atoms with Gasteiger partial charge >= 0.3 is 0 Å². The zero-order valence-corrected chi connectivity index (χ0v) is 18.7. The Labute approximate surface area is 181 Å². The van der Waals surface area contributed by atoms with Crippen LogP contribution in [0.3, 0.4) is 0 Å². The first kappa shape index (κ1) is 21.2. The number of rotatable bonds is 4. The summed E-state index contributed by atoms with van der Waals surface area (Å²) in [5.74, 6) is 0.490. The van der Waals surface area contributed by atoms with Crippen LogP contribution in [-0.4, -0.2) is 62.4 Å². The van der Waals surface area contributed by atoms with Crippen molar-refractivity contribution in [3.63, 3.8) is 0 Å². The summed E-state index contributed by atoms with van der Waals surface area (Å²) < 4.78 is 57.3. The van der Waals surface area contributed by atoms with Crippen LogP contribution in [0.2, 0.25) is 5.02 Å². The quantitative estimate of drug-likeness (QED) is 0.725.